The number of hydrogen-bond donors (Lipinski definition) is 1. The SMILES string of the molecule is COC(=O)N1CC(Nc2ncnc3c2c(Br)nn3C)C1. The Morgan fingerprint density at radius 1 is 1.50 bits per heavy atom. The van der Waals surface area contributed by atoms with Crippen LogP contribution in [0.3, 0.4) is 0 Å². The number of anilines is 1. The van der Waals surface area contributed by atoms with E-state index in [1.54, 1.807) is 9.58 Å². The van der Waals surface area contributed by atoms with Gasteiger partial charge in [0.15, 0.2) is 5.65 Å². The van der Waals surface area contributed by atoms with E-state index in [-0.39, 0.29) is 12.1 Å². The predicted molar refractivity (Wildman–Crippen MR) is 75.4 cm³/mol. The highest BCUT2D eigenvalue weighted by atomic mass is 79.9. The van der Waals surface area contributed by atoms with Crippen LogP contribution in [0.4, 0.5) is 10.6 Å². The van der Waals surface area contributed by atoms with Crippen molar-refractivity contribution < 1.29 is 9.53 Å². The molecule has 1 amide bonds. The summed E-state index contributed by atoms with van der Waals surface area (Å²) < 4.78 is 7.04. The second-order valence-electron chi connectivity index (χ2n) is 4.55. The predicted octanol–water partition coefficient (Wildman–Crippen LogP) is 0.988. The van der Waals surface area contributed by atoms with Gasteiger partial charge < -0.3 is 15.0 Å². The van der Waals surface area contributed by atoms with Gasteiger partial charge in [-0.25, -0.2) is 19.4 Å². The molecule has 2 aromatic rings. The van der Waals surface area contributed by atoms with Crippen LogP contribution in [0.25, 0.3) is 11.0 Å². The van der Waals surface area contributed by atoms with Crippen LogP contribution in [0.1, 0.15) is 0 Å². The maximum Gasteiger partial charge on any atom is 0.409 e. The lowest BCUT2D eigenvalue weighted by molar-refractivity contribution is 0.0930. The van der Waals surface area contributed by atoms with Gasteiger partial charge in [0.05, 0.1) is 18.5 Å². The molecule has 0 radical (unpaired) electrons. The largest absolute Gasteiger partial charge is 0.453 e. The van der Waals surface area contributed by atoms with Gasteiger partial charge in [-0.05, 0) is 15.9 Å². The summed E-state index contributed by atoms with van der Waals surface area (Å²) in [6, 6.07) is 0.152. The Balaban J connectivity index is 1.78. The lowest BCUT2D eigenvalue weighted by Gasteiger charge is -2.38. The summed E-state index contributed by atoms with van der Waals surface area (Å²) >= 11 is 3.41. The van der Waals surface area contributed by atoms with Gasteiger partial charge in [0, 0.05) is 20.1 Å². The molecule has 0 aliphatic carbocycles. The van der Waals surface area contributed by atoms with Gasteiger partial charge in [-0.3, -0.25) is 0 Å². The number of aryl methyl sites for hydroxylation is 1. The van der Waals surface area contributed by atoms with Crippen molar-refractivity contribution in [1.29, 1.82) is 0 Å². The van der Waals surface area contributed by atoms with Crippen LogP contribution in [0.5, 0.6) is 0 Å². The fourth-order valence-electron chi connectivity index (χ4n) is 2.19. The minimum absolute atomic E-state index is 0.152. The molecule has 1 fully saturated rings. The summed E-state index contributed by atoms with van der Waals surface area (Å²) in [5.41, 5.74) is 0.749. The molecule has 0 bridgehead atoms. The topological polar surface area (TPSA) is 85.2 Å². The van der Waals surface area contributed by atoms with E-state index in [1.807, 2.05) is 7.05 Å². The number of nitrogens with one attached hydrogen (secondary N) is 1. The lowest BCUT2D eigenvalue weighted by Crippen LogP contribution is -2.57. The highest BCUT2D eigenvalue weighted by molar-refractivity contribution is 9.10. The van der Waals surface area contributed by atoms with E-state index in [0.29, 0.717) is 23.5 Å². The average molecular weight is 341 g/mol. The van der Waals surface area contributed by atoms with Crippen LogP contribution >= 0.6 is 15.9 Å². The van der Waals surface area contributed by atoms with Crippen molar-refractivity contribution in [2.75, 3.05) is 25.5 Å². The molecule has 0 aromatic carbocycles. The van der Waals surface area contributed by atoms with E-state index in [4.69, 9.17) is 0 Å². The molecule has 3 heterocycles. The second-order valence-corrected chi connectivity index (χ2v) is 5.30. The summed E-state index contributed by atoms with van der Waals surface area (Å²) in [6.07, 6.45) is 1.19. The van der Waals surface area contributed by atoms with Crippen LogP contribution in [0, 0.1) is 0 Å². The van der Waals surface area contributed by atoms with E-state index in [2.05, 4.69) is 41.1 Å². The van der Waals surface area contributed by atoms with Crippen molar-refractivity contribution in [3.8, 4) is 0 Å². The highest BCUT2D eigenvalue weighted by Gasteiger charge is 2.32. The molecule has 3 rings (SSSR count). The molecule has 2 aromatic heterocycles. The van der Waals surface area contributed by atoms with Crippen molar-refractivity contribution in [3.05, 3.63) is 10.9 Å². The van der Waals surface area contributed by atoms with Crippen LogP contribution in [0.2, 0.25) is 0 Å². The number of nitrogens with zero attached hydrogens (tertiary/aromatic N) is 5. The number of ether oxygens (including phenoxy) is 1. The summed E-state index contributed by atoms with van der Waals surface area (Å²) in [5, 5.41) is 8.40. The van der Waals surface area contributed by atoms with Gasteiger partial charge in [0.2, 0.25) is 0 Å². The molecule has 8 nitrogen and oxygen atoms in total. The Bertz CT molecular complexity index is 666. The maximum absolute atomic E-state index is 11.3. The molecule has 1 saturated heterocycles. The number of methoxy groups -OCH3 is 1. The van der Waals surface area contributed by atoms with Gasteiger partial charge in [0.1, 0.15) is 16.7 Å². The Morgan fingerprint density at radius 2 is 2.25 bits per heavy atom. The quantitative estimate of drug-likeness (QED) is 0.877. The molecule has 1 N–H and O–H groups in total. The summed E-state index contributed by atoms with van der Waals surface area (Å²) in [5.74, 6) is 0.712. The Hall–Kier alpha value is -1.90. The number of carbonyl (C=O) groups is 1. The van der Waals surface area contributed by atoms with Crippen molar-refractivity contribution in [3.63, 3.8) is 0 Å². The molecule has 9 heteroatoms. The minimum atomic E-state index is -0.307. The molecule has 0 saturated carbocycles. The number of likely N-dealkylation sites (tertiary alicyclic amines) is 1. The fourth-order valence-corrected chi connectivity index (χ4v) is 2.79. The van der Waals surface area contributed by atoms with E-state index in [9.17, 15) is 4.79 Å². The highest BCUT2D eigenvalue weighted by Crippen LogP contribution is 2.28. The Morgan fingerprint density at radius 3 is 2.95 bits per heavy atom. The number of rotatable bonds is 2. The number of halogens is 1. The lowest BCUT2D eigenvalue weighted by atomic mass is 10.1. The number of amides is 1. The van der Waals surface area contributed by atoms with Crippen molar-refractivity contribution in [2.45, 2.75) is 6.04 Å². The zero-order chi connectivity index (χ0) is 14.3. The first-order chi connectivity index (χ1) is 9.60. The minimum Gasteiger partial charge on any atom is -0.453 e. The number of hydrogen-bond acceptors (Lipinski definition) is 6. The number of carbonyl (C=O) groups excluding carboxylic acids is 1. The van der Waals surface area contributed by atoms with Crippen LogP contribution < -0.4 is 5.32 Å². The molecule has 0 unspecified atom stereocenters. The summed E-state index contributed by atoms with van der Waals surface area (Å²) in [6.45, 7) is 1.19. The van der Waals surface area contributed by atoms with Crippen molar-refractivity contribution >= 4 is 38.9 Å². The molecule has 1 aliphatic rings. The molecule has 1 aliphatic heterocycles. The first-order valence-electron chi connectivity index (χ1n) is 6.02. The normalized spacial score (nSPS) is 15.2. The van der Waals surface area contributed by atoms with E-state index in [1.165, 1.54) is 13.4 Å². The zero-order valence-electron chi connectivity index (χ0n) is 11.0. The van der Waals surface area contributed by atoms with Gasteiger partial charge in [0.25, 0.3) is 0 Å². The second kappa shape index (κ2) is 4.89. The van der Waals surface area contributed by atoms with Crippen LogP contribution in [-0.4, -0.2) is 57.0 Å². The molecule has 0 atom stereocenters. The summed E-state index contributed by atoms with van der Waals surface area (Å²) in [4.78, 5) is 21.4. The third kappa shape index (κ3) is 2.07. The smallest absolute Gasteiger partial charge is 0.409 e. The van der Waals surface area contributed by atoms with Crippen molar-refractivity contribution in [1.82, 2.24) is 24.6 Å². The van der Waals surface area contributed by atoms with Gasteiger partial charge in [-0.1, -0.05) is 0 Å². The average Bonchev–Trinajstić information content (AvgIpc) is 2.69. The first-order valence-corrected chi connectivity index (χ1v) is 6.82. The standard InChI is InChI=1S/C11H13BrN6O2/c1-17-10-7(8(12)16-17)9(13-5-14-10)15-6-3-18(4-6)11(19)20-2/h5-6H,3-4H2,1-2H3,(H,13,14,15). The van der Waals surface area contributed by atoms with Crippen LogP contribution in [0.15, 0.2) is 10.9 Å². The van der Waals surface area contributed by atoms with Crippen LogP contribution in [-0.2, 0) is 11.8 Å². The Labute approximate surface area is 123 Å². The van der Waals surface area contributed by atoms with Gasteiger partial charge in [-0.15, -0.1) is 0 Å². The summed E-state index contributed by atoms with van der Waals surface area (Å²) in [7, 11) is 3.20. The maximum atomic E-state index is 11.3. The van der Waals surface area contributed by atoms with E-state index < -0.39 is 0 Å². The van der Waals surface area contributed by atoms with Gasteiger partial charge >= 0.3 is 6.09 Å². The molecular weight excluding hydrogens is 328 g/mol. The van der Waals surface area contributed by atoms with Gasteiger partial charge in [-0.2, -0.15) is 5.10 Å². The molecule has 20 heavy (non-hydrogen) atoms. The third-order valence-electron chi connectivity index (χ3n) is 3.23. The van der Waals surface area contributed by atoms with E-state index >= 15 is 0 Å². The molecule has 0 spiro atoms. The zero-order valence-corrected chi connectivity index (χ0v) is 12.6. The third-order valence-corrected chi connectivity index (χ3v) is 3.79. The Kier molecular flexibility index (Phi) is 3.20. The fraction of sp³-hybridized carbons (Fsp3) is 0.455. The van der Waals surface area contributed by atoms with E-state index in [0.717, 1.165) is 11.0 Å². The monoisotopic (exact) mass is 340 g/mol. The first kappa shape index (κ1) is 13.1. The number of fused-ring (bicyclic) bond motifs is 1. The number of aromatic nitrogens is 4. The van der Waals surface area contributed by atoms with Crippen molar-refractivity contribution in [2.24, 2.45) is 7.05 Å². The molecular formula is C11H13BrN6O2. The molecule has 106 valence electrons.